The molecule has 5 heteroatoms. The summed E-state index contributed by atoms with van der Waals surface area (Å²) in [5.74, 6) is 0.280. The van der Waals surface area contributed by atoms with E-state index in [1.165, 1.54) is 17.5 Å². The van der Waals surface area contributed by atoms with Crippen LogP contribution in [0.2, 0.25) is 0 Å². The van der Waals surface area contributed by atoms with Crippen molar-refractivity contribution in [3.05, 3.63) is 95.1 Å². The Kier molecular flexibility index (Phi) is 7.40. The van der Waals surface area contributed by atoms with Gasteiger partial charge in [-0.3, -0.25) is 9.59 Å². The number of benzene rings is 3. The number of hydrogen-bond donors (Lipinski definition) is 2. The molecule has 5 nitrogen and oxygen atoms in total. The van der Waals surface area contributed by atoms with Crippen LogP contribution in [0.1, 0.15) is 46.8 Å². The van der Waals surface area contributed by atoms with E-state index in [0.717, 1.165) is 37.0 Å². The zero-order chi connectivity index (χ0) is 23.0. The largest absolute Gasteiger partial charge is 0.481 e. The van der Waals surface area contributed by atoms with Crippen molar-refractivity contribution in [2.24, 2.45) is 0 Å². The fourth-order valence-electron chi connectivity index (χ4n) is 4.19. The molecule has 0 fully saturated rings. The summed E-state index contributed by atoms with van der Waals surface area (Å²) < 4.78 is 6.05. The molecular formula is C28H30N2O3. The summed E-state index contributed by atoms with van der Waals surface area (Å²) in [5, 5.41) is 5.82. The van der Waals surface area contributed by atoms with Gasteiger partial charge in [0.2, 0.25) is 0 Å². The van der Waals surface area contributed by atoms with Gasteiger partial charge in [-0.05, 0) is 73.9 Å². The molecule has 1 aliphatic rings. The maximum absolute atomic E-state index is 12.9. The summed E-state index contributed by atoms with van der Waals surface area (Å²) >= 11 is 0. The molecule has 1 aliphatic carbocycles. The number of nitrogens with one attached hydrogen (secondary N) is 2. The number of carbonyl (C=O) groups excluding carboxylic acids is 2. The van der Waals surface area contributed by atoms with Gasteiger partial charge < -0.3 is 15.4 Å². The van der Waals surface area contributed by atoms with Crippen LogP contribution in [0.3, 0.4) is 0 Å². The van der Waals surface area contributed by atoms with Crippen LogP contribution in [0.25, 0.3) is 0 Å². The predicted molar refractivity (Wildman–Crippen MR) is 131 cm³/mol. The monoisotopic (exact) mass is 442 g/mol. The molecule has 0 aliphatic heterocycles. The van der Waals surface area contributed by atoms with E-state index in [2.05, 4.69) is 16.7 Å². The average Bonchev–Trinajstić information content (AvgIpc) is 2.85. The molecule has 3 aromatic rings. The van der Waals surface area contributed by atoms with Crippen molar-refractivity contribution in [1.29, 1.82) is 0 Å². The Balaban J connectivity index is 1.37. The number of aryl methyl sites for hydroxylation is 1. The second-order valence-electron chi connectivity index (χ2n) is 8.39. The molecule has 0 heterocycles. The van der Waals surface area contributed by atoms with Crippen molar-refractivity contribution in [1.82, 2.24) is 5.32 Å². The van der Waals surface area contributed by atoms with Crippen molar-refractivity contribution < 1.29 is 14.3 Å². The van der Waals surface area contributed by atoms with Gasteiger partial charge in [-0.25, -0.2) is 0 Å². The molecule has 0 saturated carbocycles. The van der Waals surface area contributed by atoms with Crippen molar-refractivity contribution >= 4 is 17.5 Å². The number of hydrogen-bond acceptors (Lipinski definition) is 3. The van der Waals surface area contributed by atoms with E-state index in [9.17, 15) is 9.59 Å². The minimum Gasteiger partial charge on any atom is -0.481 e. The van der Waals surface area contributed by atoms with Gasteiger partial charge in [0.15, 0.2) is 6.10 Å². The van der Waals surface area contributed by atoms with Gasteiger partial charge in [0.1, 0.15) is 5.75 Å². The zero-order valence-corrected chi connectivity index (χ0v) is 19.0. The normalized spacial score (nSPS) is 13.5. The van der Waals surface area contributed by atoms with E-state index in [-0.39, 0.29) is 11.8 Å². The van der Waals surface area contributed by atoms with Crippen LogP contribution in [-0.4, -0.2) is 24.5 Å². The quantitative estimate of drug-likeness (QED) is 0.519. The molecule has 0 saturated heterocycles. The molecule has 0 aromatic heterocycles. The van der Waals surface area contributed by atoms with Crippen LogP contribution >= 0.6 is 0 Å². The molecule has 170 valence electrons. The molecule has 0 bridgehead atoms. The minimum absolute atomic E-state index is 0.215. The van der Waals surface area contributed by atoms with Crippen LogP contribution in [0.5, 0.6) is 5.75 Å². The Bertz CT molecular complexity index is 1110. The molecule has 2 N–H and O–H groups in total. The van der Waals surface area contributed by atoms with Gasteiger partial charge >= 0.3 is 0 Å². The highest BCUT2D eigenvalue weighted by atomic mass is 16.5. The number of ether oxygens (including phenoxy) is 1. The van der Waals surface area contributed by atoms with Crippen LogP contribution in [-0.2, 0) is 24.1 Å². The Morgan fingerprint density at radius 1 is 0.909 bits per heavy atom. The lowest BCUT2D eigenvalue weighted by atomic mass is 9.91. The first kappa shape index (κ1) is 22.6. The Labute approximate surface area is 195 Å². The molecular weight excluding hydrogens is 412 g/mol. The highest BCUT2D eigenvalue weighted by Gasteiger charge is 2.21. The Morgan fingerprint density at radius 2 is 1.67 bits per heavy atom. The van der Waals surface area contributed by atoms with E-state index >= 15 is 0 Å². The Morgan fingerprint density at radius 3 is 2.52 bits per heavy atom. The van der Waals surface area contributed by atoms with Crippen molar-refractivity contribution in [2.75, 3.05) is 11.9 Å². The molecule has 3 aromatic carbocycles. The fraction of sp³-hybridized carbons (Fsp3) is 0.286. The third-order valence-electron chi connectivity index (χ3n) is 6.00. The van der Waals surface area contributed by atoms with E-state index in [1.54, 1.807) is 31.2 Å². The number of carbonyl (C=O) groups is 2. The lowest BCUT2D eigenvalue weighted by molar-refractivity contribution is -0.122. The zero-order valence-electron chi connectivity index (χ0n) is 19.0. The van der Waals surface area contributed by atoms with E-state index in [0.29, 0.717) is 17.8 Å². The highest BCUT2D eigenvalue weighted by Crippen LogP contribution is 2.30. The molecule has 2 amide bonds. The van der Waals surface area contributed by atoms with Gasteiger partial charge in [0.05, 0.1) is 11.3 Å². The third-order valence-corrected chi connectivity index (χ3v) is 6.00. The predicted octanol–water partition coefficient (Wildman–Crippen LogP) is 4.94. The second kappa shape index (κ2) is 10.8. The molecule has 1 atom stereocenters. The first-order valence-corrected chi connectivity index (χ1v) is 11.6. The fourth-order valence-corrected chi connectivity index (χ4v) is 4.19. The first-order valence-electron chi connectivity index (χ1n) is 11.6. The lowest BCUT2D eigenvalue weighted by Crippen LogP contribution is -2.32. The summed E-state index contributed by atoms with van der Waals surface area (Å²) in [6.45, 7) is 2.25. The summed E-state index contributed by atoms with van der Waals surface area (Å²) in [6.07, 6.45) is 4.42. The number of amides is 2. The molecule has 0 spiro atoms. The van der Waals surface area contributed by atoms with E-state index < -0.39 is 6.10 Å². The summed E-state index contributed by atoms with van der Waals surface area (Å²) in [7, 11) is 0. The molecule has 0 unspecified atom stereocenters. The Hall–Kier alpha value is -3.60. The molecule has 33 heavy (non-hydrogen) atoms. The number of para-hydroxylation sites is 1. The van der Waals surface area contributed by atoms with Gasteiger partial charge in [0, 0.05) is 6.54 Å². The van der Waals surface area contributed by atoms with Gasteiger partial charge in [-0.2, -0.15) is 0 Å². The van der Waals surface area contributed by atoms with E-state index in [4.69, 9.17) is 4.74 Å². The van der Waals surface area contributed by atoms with Crippen molar-refractivity contribution in [3.8, 4) is 5.75 Å². The highest BCUT2D eigenvalue weighted by molar-refractivity contribution is 6.04. The molecule has 0 radical (unpaired) electrons. The van der Waals surface area contributed by atoms with Gasteiger partial charge in [0.25, 0.3) is 11.8 Å². The SMILES string of the molecule is C[C@H](Oc1cccc2c1CCCC2)C(=O)Nc1ccccc1C(=O)NCCc1ccccc1. The smallest absolute Gasteiger partial charge is 0.265 e. The molecule has 4 rings (SSSR count). The summed E-state index contributed by atoms with van der Waals surface area (Å²) in [6, 6.07) is 23.1. The van der Waals surface area contributed by atoms with Crippen molar-refractivity contribution in [3.63, 3.8) is 0 Å². The number of anilines is 1. The topological polar surface area (TPSA) is 67.4 Å². The van der Waals surface area contributed by atoms with Gasteiger partial charge in [-0.1, -0.05) is 54.6 Å². The van der Waals surface area contributed by atoms with E-state index in [1.807, 2.05) is 42.5 Å². The van der Waals surface area contributed by atoms with Crippen LogP contribution in [0, 0.1) is 0 Å². The van der Waals surface area contributed by atoms with Crippen LogP contribution in [0.4, 0.5) is 5.69 Å². The maximum atomic E-state index is 12.9. The first-order chi connectivity index (χ1) is 16.1. The second-order valence-corrected chi connectivity index (χ2v) is 8.39. The number of fused-ring (bicyclic) bond motifs is 1. The third kappa shape index (κ3) is 5.80. The standard InChI is InChI=1S/C28H30N2O3/c1-20(33-26-17-9-13-22-12-5-6-14-23(22)26)27(31)30-25-16-8-7-15-24(25)28(32)29-19-18-21-10-3-2-4-11-21/h2-4,7-11,13,15-17,20H,5-6,12,14,18-19H2,1H3,(H,29,32)(H,30,31)/t20-/m0/s1. The van der Waals surface area contributed by atoms with Gasteiger partial charge in [-0.15, -0.1) is 0 Å². The lowest BCUT2D eigenvalue weighted by Gasteiger charge is -2.22. The minimum atomic E-state index is -0.687. The summed E-state index contributed by atoms with van der Waals surface area (Å²) in [5.41, 5.74) is 4.59. The van der Waals surface area contributed by atoms with Crippen LogP contribution in [0.15, 0.2) is 72.8 Å². The summed E-state index contributed by atoms with van der Waals surface area (Å²) in [4.78, 5) is 25.7. The number of rotatable bonds is 8. The van der Waals surface area contributed by atoms with Crippen molar-refractivity contribution in [2.45, 2.75) is 45.1 Å². The average molecular weight is 443 g/mol. The van der Waals surface area contributed by atoms with Crippen LogP contribution < -0.4 is 15.4 Å². The maximum Gasteiger partial charge on any atom is 0.265 e.